The van der Waals surface area contributed by atoms with E-state index in [-0.39, 0.29) is 5.41 Å². The van der Waals surface area contributed by atoms with Crippen molar-refractivity contribution < 1.29 is 0 Å². The Balaban J connectivity index is 1.72. The van der Waals surface area contributed by atoms with Crippen LogP contribution in [-0.2, 0) is 24.9 Å². The first-order chi connectivity index (χ1) is 16.5. The van der Waals surface area contributed by atoms with E-state index in [2.05, 4.69) is 123 Å². The third kappa shape index (κ3) is 3.02. The second-order valence-electron chi connectivity index (χ2n) is 10.4. The fourth-order valence-electron chi connectivity index (χ4n) is 6.47. The van der Waals surface area contributed by atoms with Gasteiger partial charge in [-0.3, -0.25) is 0 Å². The maximum absolute atomic E-state index is 2.46. The van der Waals surface area contributed by atoms with Gasteiger partial charge in [0, 0.05) is 13.1 Å². The van der Waals surface area contributed by atoms with Crippen LogP contribution in [0.4, 0.5) is 0 Å². The Kier molecular flexibility index (Phi) is 4.98. The van der Waals surface area contributed by atoms with Gasteiger partial charge in [0.05, 0.1) is 5.41 Å². The van der Waals surface area contributed by atoms with E-state index in [9.17, 15) is 0 Å². The molecule has 1 unspecified atom stereocenters. The van der Waals surface area contributed by atoms with Crippen LogP contribution in [0.2, 0.25) is 0 Å². The predicted molar refractivity (Wildman–Crippen MR) is 141 cm³/mol. The lowest BCUT2D eigenvalue weighted by Crippen LogP contribution is -2.34. The summed E-state index contributed by atoms with van der Waals surface area (Å²) >= 11 is 0. The third-order valence-corrected chi connectivity index (χ3v) is 7.52. The van der Waals surface area contributed by atoms with Gasteiger partial charge in [-0.2, -0.15) is 0 Å². The van der Waals surface area contributed by atoms with Crippen LogP contribution in [0, 0.1) is 0 Å². The normalized spacial score (nSPS) is 17.6. The largest absolute Gasteiger partial charge is 0.305 e. The van der Waals surface area contributed by atoms with Gasteiger partial charge in [0.1, 0.15) is 0 Å². The molecule has 0 heterocycles. The van der Waals surface area contributed by atoms with E-state index in [1.807, 2.05) is 0 Å². The molecule has 2 aliphatic carbocycles. The minimum Gasteiger partial charge on any atom is -0.305 e. The van der Waals surface area contributed by atoms with E-state index in [1.165, 1.54) is 55.6 Å². The van der Waals surface area contributed by atoms with Gasteiger partial charge in [-0.1, -0.05) is 84.9 Å². The van der Waals surface area contributed by atoms with Crippen LogP contribution in [0.3, 0.4) is 0 Å². The molecule has 0 saturated carbocycles. The van der Waals surface area contributed by atoms with E-state index in [4.69, 9.17) is 0 Å². The summed E-state index contributed by atoms with van der Waals surface area (Å²) in [6.45, 7) is 1.89. The summed E-state index contributed by atoms with van der Waals surface area (Å²) in [7, 11) is 8.61. The molecule has 0 amide bonds. The molecule has 170 valence electrons. The fourth-order valence-corrected chi connectivity index (χ4v) is 6.47. The van der Waals surface area contributed by atoms with Crippen molar-refractivity contribution >= 4 is 0 Å². The van der Waals surface area contributed by atoms with Crippen molar-refractivity contribution in [1.29, 1.82) is 0 Å². The number of nitrogens with zero attached hydrogens (tertiary/aromatic N) is 2. The van der Waals surface area contributed by atoms with E-state index in [1.54, 1.807) is 0 Å². The molecule has 0 bridgehead atoms. The number of hydrogen-bond acceptors (Lipinski definition) is 2. The number of fused-ring (bicyclic) bond motifs is 9. The molecule has 6 rings (SSSR count). The quantitative estimate of drug-likeness (QED) is 0.325. The standard InChI is InChI=1S/C32H32N2/c1-33(2)20-22-16-17-28-25(18-22)19-23-10-5-7-13-27(23)32(28)29-14-8-6-12-26(29)31-24(21-34(3)4)11-9-15-30(31)32/h5-18H,19-21H2,1-4H3. The van der Waals surface area contributed by atoms with Crippen LogP contribution in [0.5, 0.6) is 0 Å². The molecule has 0 aliphatic heterocycles. The molecule has 0 saturated heterocycles. The Morgan fingerprint density at radius 3 is 2.09 bits per heavy atom. The Morgan fingerprint density at radius 2 is 1.29 bits per heavy atom. The van der Waals surface area contributed by atoms with Gasteiger partial charge in [-0.05, 0) is 90.2 Å². The van der Waals surface area contributed by atoms with E-state index in [0.29, 0.717) is 0 Å². The van der Waals surface area contributed by atoms with Crippen molar-refractivity contribution in [1.82, 2.24) is 9.80 Å². The summed E-state index contributed by atoms with van der Waals surface area (Å²) in [6, 6.07) is 32.4. The summed E-state index contributed by atoms with van der Waals surface area (Å²) in [5, 5.41) is 0. The zero-order valence-electron chi connectivity index (χ0n) is 20.6. The molecule has 34 heavy (non-hydrogen) atoms. The van der Waals surface area contributed by atoms with Gasteiger partial charge in [-0.25, -0.2) is 0 Å². The molecule has 4 aromatic carbocycles. The Morgan fingerprint density at radius 1 is 0.618 bits per heavy atom. The van der Waals surface area contributed by atoms with Crippen LogP contribution < -0.4 is 0 Å². The van der Waals surface area contributed by atoms with Crippen LogP contribution >= 0.6 is 0 Å². The molecule has 2 heteroatoms. The number of rotatable bonds is 4. The van der Waals surface area contributed by atoms with Gasteiger partial charge in [-0.15, -0.1) is 0 Å². The van der Waals surface area contributed by atoms with E-state index >= 15 is 0 Å². The van der Waals surface area contributed by atoms with Crippen molar-refractivity contribution in [2.75, 3.05) is 28.2 Å². The Labute approximate surface area is 203 Å². The summed E-state index contributed by atoms with van der Waals surface area (Å²) < 4.78 is 0. The van der Waals surface area contributed by atoms with Gasteiger partial charge < -0.3 is 9.80 Å². The van der Waals surface area contributed by atoms with Gasteiger partial charge in [0.2, 0.25) is 0 Å². The first-order valence-corrected chi connectivity index (χ1v) is 12.2. The molecule has 0 fully saturated rings. The third-order valence-electron chi connectivity index (χ3n) is 7.52. The van der Waals surface area contributed by atoms with Crippen molar-refractivity contribution in [2.24, 2.45) is 0 Å². The fraction of sp³-hybridized carbons (Fsp3) is 0.250. The summed E-state index contributed by atoms with van der Waals surface area (Å²) in [6.07, 6.45) is 0.989. The average molecular weight is 445 g/mol. The maximum Gasteiger partial charge on any atom is 0.0719 e. The predicted octanol–water partition coefficient (Wildman–Crippen LogP) is 6.08. The maximum atomic E-state index is 2.46. The highest BCUT2D eigenvalue weighted by Crippen LogP contribution is 2.59. The molecule has 0 radical (unpaired) electrons. The summed E-state index contributed by atoms with van der Waals surface area (Å²) in [5.41, 5.74) is 14.0. The van der Waals surface area contributed by atoms with Crippen molar-refractivity contribution in [3.63, 3.8) is 0 Å². The molecule has 1 spiro atoms. The molecule has 4 aromatic rings. The van der Waals surface area contributed by atoms with Crippen LogP contribution in [0.25, 0.3) is 11.1 Å². The lowest BCUT2D eigenvalue weighted by atomic mass is 9.61. The molecule has 0 aromatic heterocycles. The second-order valence-corrected chi connectivity index (χ2v) is 10.4. The second kappa shape index (κ2) is 7.94. The molecular weight excluding hydrogens is 412 g/mol. The van der Waals surface area contributed by atoms with Gasteiger partial charge in [0.15, 0.2) is 0 Å². The smallest absolute Gasteiger partial charge is 0.0719 e. The first kappa shape index (κ1) is 21.3. The molecule has 2 aliphatic rings. The zero-order chi connectivity index (χ0) is 23.4. The minimum atomic E-state index is -0.269. The number of benzene rings is 4. The average Bonchev–Trinajstić information content (AvgIpc) is 3.11. The van der Waals surface area contributed by atoms with Crippen LogP contribution in [0.1, 0.15) is 44.5 Å². The lowest BCUT2D eigenvalue weighted by Gasteiger charge is -2.40. The van der Waals surface area contributed by atoms with Gasteiger partial charge in [0.25, 0.3) is 0 Å². The first-order valence-electron chi connectivity index (χ1n) is 12.2. The Bertz CT molecular complexity index is 1400. The van der Waals surface area contributed by atoms with Gasteiger partial charge >= 0.3 is 0 Å². The highest BCUT2D eigenvalue weighted by Gasteiger charge is 2.50. The van der Waals surface area contributed by atoms with Crippen molar-refractivity contribution in [3.05, 3.63) is 129 Å². The number of hydrogen-bond donors (Lipinski definition) is 0. The topological polar surface area (TPSA) is 6.48 Å². The van der Waals surface area contributed by atoms with E-state index in [0.717, 1.165) is 19.5 Å². The zero-order valence-corrected chi connectivity index (χ0v) is 20.6. The highest BCUT2D eigenvalue weighted by molar-refractivity contribution is 5.89. The molecule has 0 N–H and O–H groups in total. The van der Waals surface area contributed by atoms with Crippen molar-refractivity contribution in [3.8, 4) is 11.1 Å². The van der Waals surface area contributed by atoms with Crippen LogP contribution in [-0.4, -0.2) is 38.0 Å². The molecular formula is C32H32N2. The summed E-state index contributed by atoms with van der Waals surface area (Å²) in [4.78, 5) is 4.53. The highest BCUT2D eigenvalue weighted by atomic mass is 15.1. The monoisotopic (exact) mass is 444 g/mol. The molecule has 2 nitrogen and oxygen atoms in total. The SMILES string of the molecule is CN(C)Cc1ccc2c(c1)Cc1ccccc1C21c2ccccc2-c2c(CN(C)C)cccc21. The molecule has 1 atom stereocenters. The van der Waals surface area contributed by atoms with E-state index < -0.39 is 0 Å². The Hall–Kier alpha value is -3.20. The van der Waals surface area contributed by atoms with Crippen molar-refractivity contribution in [2.45, 2.75) is 24.9 Å². The minimum absolute atomic E-state index is 0.269. The summed E-state index contributed by atoms with van der Waals surface area (Å²) in [5.74, 6) is 0. The van der Waals surface area contributed by atoms with Crippen LogP contribution in [0.15, 0.2) is 84.9 Å². The lowest BCUT2D eigenvalue weighted by molar-refractivity contribution is 0.402.